The van der Waals surface area contributed by atoms with Crippen LogP contribution in [0.25, 0.3) is 0 Å². The number of halogens is 8. The molecular formula is C15H8BrClF6N2O. The first-order chi connectivity index (χ1) is 12.0. The Hall–Kier alpha value is -1.94. The van der Waals surface area contributed by atoms with Crippen LogP contribution < -0.4 is 10.5 Å². The molecule has 11 heteroatoms. The summed E-state index contributed by atoms with van der Waals surface area (Å²) in [5.41, 5.74) is 3.35. The molecule has 0 aliphatic heterocycles. The summed E-state index contributed by atoms with van der Waals surface area (Å²) in [4.78, 5) is 3.65. The van der Waals surface area contributed by atoms with Gasteiger partial charge in [0.05, 0.1) is 11.4 Å². The molecule has 0 aromatic heterocycles. The Balaban J connectivity index is 2.56. The fraction of sp³-hybridized carbons (Fsp3) is 0.133. The second kappa shape index (κ2) is 7.75. The molecule has 0 saturated heterocycles. The van der Waals surface area contributed by atoms with Crippen LogP contribution in [-0.2, 0) is 6.18 Å². The molecule has 2 N–H and O–H groups in total. The third-order valence-corrected chi connectivity index (χ3v) is 3.65. The van der Waals surface area contributed by atoms with Gasteiger partial charge in [-0.15, -0.1) is 11.6 Å². The molecule has 0 heterocycles. The van der Waals surface area contributed by atoms with Gasteiger partial charge in [0.15, 0.2) is 29.0 Å². The third kappa shape index (κ3) is 4.61. The van der Waals surface area contributed by atoms with Gasteiger partial charge in [-0.25, -0.2) is 18.2 Å². The van der Waals surface area contributed by atoms with Crippen LogP contribution in [0, 0.1) is 17.5 Å². The molecule has 0 atom stereocenters. The first-order valence-corrected chi connectivity index (χ1v) is 7.97. The fourth-order valence-electron chi connectivity index (χ4n) is 1.83. The van der Waals surface area contributed by atoms with Crippen molar-refractivity contribution in [2.24, 2.45) is 10.7 Å². The van der Waals surface area contributed by atoms with Crippen LogP contribution in [0.5, 0.6) is 11.5 Å². The van der Waals surface area contributed by atoms with Gasteiger partial charge in [-0.2, -0.15) is 13.2 Å². The lowest BCUT2D eigenvalue weighted by Gasteiger charge is -2.14. The number of hydrogen-bond acceptors (Lipinski definition) is 2. The van der Waals surface area contributed by atoms with Crippen molar-refractivity contribution in [1.82, 2.24) is 0 Å². The summed E-state index contributed by atoms with van der Waals surface area (Å²) in [6, 6.07) is 2.21. The number of hydrogen-bond donors (Lipinski definition) is 1. The fourth-order valence-corrected chi connectivity index (χ4v) is 2.30. The molecule has 0 spiro atoms. The Kier molecular flexibility index (Phi) is 6.07. The van der Waals surface area contributed by atoms with Crippen molar-refractivity contribution in [3.63, 3.8) is 0 Å². The summed E-state index contributed by atoms with van der Waals surface area (Å²) in [5.74, 6) is -6.34. The number of benzene rings is 2. The van der Waals surface area contributed by atoms with Crippen molar-refractivity contribution in [2.45, 2.75) is 6.18 Å². The average molecular weight is 462 g/mol. The van der Waals surface area contributed by atoms with E-state index >= 15 is 0 Å². The largest absolute Gasteiger partial charge is 0.449 e. The average Bonchev–Trinajstić information content (AvgIpc) is 2.52. The second-order valence-electron chi connectivity index (χ2n) is 4.84. The number of aliphatic imine (C=N–C) groups is 1. The molecule has 0 saturated carbocycles. The van der Waals surface area contributed by atoms with E-state index in [1.54, 1.807) is 0 Å². The van der Waals surface area contributed by atoms with Gasteiger partial charge in [-0.1, -0.05) is 15.9 Å². The van der Waals surface area contributed by atoms with Crippen molar-refractivity contribution in [2.75, 3.05) is 5.88 Å². The van der Waals surface area contributed by atoms with E-state index in [0.717, 1.165) is 12.1 Å². The third-order valence-electron chi connectivity index (χ3n) is 2.92. The monoisotopic (exact) mass is 460 g/mol. The Morgan fingerprint density at radius 2 is 1.65 bits per heavy atom. The standard InChI is InChI=1S/C15H8BrClF6N2O/c16-7-3-8(18)13(25-12(24)5-17)11(4-7)26-14-9(19)1-6(2-10(14)20)15(21,22)23/h1-4H,5H2,(H2,24,25). The summed E-state index contributed by atoms with van der Waals surface area (Å²) in [7, 11) is 0. The number of alkyl halides is 4. The van der Waals surface area contributed by atoms with Crippen LogP contribution in [0.4, 0.5) is 32.0 Å². The molecule has 26 heavy (non-hydrogen) atoms. The van der Waals surface area contributed by atoms with Gasteiger partial charge < -0.3 is 10.5 Å². The van der Waals surface area contributed by atoms with Gasteiger partial charge in [-0.3, -0.25) is 0 Å². The van der Waals surface area contributed by atoms with E-state index in [4.69, 9.17) is 22.1 Å². The summed E-state index contributed by atoms with van der Waals surface area (Å²) < 4.78 is 84.8. The zero-order chi connectivity index (χ0) is 19.6. The number of rotatable bonds is 4. The van der Waals surface area contributed by atoms with E-state index in [1.807, 2.05) is 0 Å². The maximum absolute atomic E-state index is 14.1. The summed E-state index contributed by atoms with van der Waals surface area (Å²) >= 11 is 8.41. The highest BCUT2D eigenvalue weighted by Gasteiger charge is 2.33. The van der Waals surface area contributed by atoms with E-state index in [-0.39, 0.29) is 28.3 Å². The van der Waals surface area contributed by atoms with Crippen LogP contribution in [0.2, 0.25) is 0 Å². The van der Waals surface area contributed by atoms with Crippen LogP contribution in [-0.4, -0.2) is 11.7 Å². The first kappa shape index (κ1) is 20.4. The van der Waals surface area contributed by atoms with E-state index in [2.05, 4.69) is 20.9 Å². The lowest BCUT2D eigenvalue weighted by atomic mass is 10.2. The van der Waals surface area contributed by atoms with Gasteiger partial charge in [0.25, 0.3) is 0 Å². The van der Waals surface area contributed by atoms with Crippen LogP contribution in [0.3, 0.4) is 0 Å². The van der Waals surface area contributed by atoms with Crippen LogP contribution in [0.15, 0.2) is 33.7 Å². The van der Waals surface area contributed by atoms with Crippen molar-refractivity contribution in [3.05, 3.63) is 51.8 Å². The SMILES string of the molecule is NC(CCl)=Nc1c(F)cc(Br)cc1Oc1c(F)cc(C(F)(F)F)cc1F. The maximum Gasteiger partial charge on any atom is 0.416 e. The number of nitrogens with two attached hydrogens (primary N) is 1. The normalized spacial score (nSPS) is 12.4. The van der Waals surface area contributed by atoms with Crippen molar-refractivity contribution >= 4 is 39.1 Å². The highest BCUT2D eigenvalue weighted by atomic mass is 79.9. The minimum atomic E-state index is -4.95. The summed E-state index contributed by atoms with van der Waals surface area (Å²) in [6.07, 6.45) is -4.95. The van der Waals surface area contributed by atoms with E-state index in [9.17, 15) is 26.3 Å². The molecule has 0 radical (unpaired) electrons. The molecular weight excluding hydrogens is 454 g/mol. The van der Waals surface area contributed by atoms with E-state index in [1.165, 1.54) is 0 Å². The molecule has 0 unspecified atom stereocenters. The zero-order valence-electron chi connectivity index (χ0n) is 12.5. The van der Waals surface area contributed by atoms with Crippen molar-refractivity contribution in [3.8, 4) is 11.5 Å². The van der Waals surface area contributed by atoms with Crippen LogP contribution >= 0.6 is 27.5 Å². The molecule has 2 aromatic rings. The van der Waals surface area contributed by atoms with Gasteiger partial charge in [0.1, 0.15) is 11.5 Å². The highest BCUT2D eigenvalue weighted by molar-refractivity contribution is 9.10. The lowest BCUT2D eigenvalue weighted by molar-refractivity contribution is -0.138. The molecule has 2 rings (SSSR count). The molecule has 0 amide bonds. The van der Waals surface area contributed by atoms with Crippen molar-refractivity contribution in [1.29, 1.82) is 0 Å². The summed E-state index contributed by atoms with van der Waals surface area (Å²) in [5, 5.41) is 0. The van der Waals surface area contributed by atoms with Gasteiger partial charge in [0, 0.05) is 4.47 Å². The maximum atomic E-state index is 14.1. The molecule has 2 aromatic carbocycles. The Morgan fingerprint density at radius 3 is 2.15 bits per heavy atom. The van der Waals surface area contributed by atoms with Gasteiger partial charge in [-0.05, 0) is 24.3 Å². The van der Waals surface area contributed by atoms with Crippen molar-refractivity contribution < 1.29 is 31.1 Å². The zero-order valence-corrected chi connectivity index (χ0v) is 14.8. The lowest BCUT2D eigenvalue weighted by Crippen LogP contribution is -2.12. The number of amidine groups is 1. The molecule has 0 bridgehead atoms. The Bertz CT molecular complexity index is 849. The molecule has 0 aliphatic carbocycles. The molecule has 0 aliphatic rings. The first-order valence-electron chi connectivity index (χ1n) is 6.65. The number of ether oxygens (including phenoxy) is 1. The Morgan fingerprint density at radius 1 is 1.08 bits per heavy atom. The second-order valence-corrected chi connectivity index (χ2v) is 6.02. The smallest absolute Gasteiger partial charge is 0.416 e. The predicted molar refractivity (Wildman–Crippen MR) is 87.5 cm³/mol. The molecule has 3 nitrogen and oxygen atoms in total. The van der Waals surface area contributed by atoms with Gasteiger partial charge in [0.2, 0.25) is 0 Å². The topological polar surface area (TPSA) is 47.6 Å². The summed E-state index contributed by atoms with van der Waals surface area (Å²) in [6.45, 7) is 0. The minimum Gasteiger partial charge on any atom is -0.449 e. The van der Waals surface area contributed by atoms with Crippen LogP contribution in [0.1, 0.15) is 5.56 Å². The molecule has 140 valence electrons. The molecule has 0 fully saturated rings. The number of nitrogens with zero attached hydrogens (tertiary/aromatic N) is 1. The quantitative estimate of drug-likeness (QED) is 0.267. The van der Waals surface area contributed by atoms with Gasteiger partial charge >= 0.3 is 6.18 Å². The predicted octanol–water partition coefficient (Wildman–Crippen LogP) is 5.91. The minimum absolute atomic E-state index is 0.0584. The Labute approximate surface area is 156 Å². The van der Waals surface area contributed by atoms with E-state index < -0.39 is 46.4 Å². The highest BCUT2D eigenvalue weighted by Crippen LogP contribution is 2.40. The van der Waals surface area contributed by atoms with E-state index in [0.29, 0.717) is 0 Å².